The van der Waals surface area contributed by atoms with Crippen LogP contribution in [0.5, 0.6) is 0 Å². The zero-order valence-corrected chi connectivity index (χ0v) is 13.2. The summed E-state index contributed by atoms with van der Waals surface area (Å²) in [5.74, 6) is -0.475. The maximum absolute atomic E-state index is 12.1. The molecule has 6 heteroatoms. The lowest BCUT2D eigenvalue weighted by Gasteiger charge is -2.26. The Hall–Kier alpha value is -2.37. The predicted molar refractivity (Wildman–Crippen MR) is 84.8 cm³/mol. The summed E-state index contributed by atoms with van der Waals surface area (Å²) in [5, 5.41) is 5.17. The summed E-state index contributed by atoms with van der Waals surface area (Å²) in [5.41, 5.74) is 2.58. The Morgan fingerprint density at radius 3 is 2.70 bits per heavy atom. The lowest BCUT2D eigenvalue weighted by Crippen LogP contribution is -2.52. The molecule has 1 aromatic rings. The van der Waals surface area contributed by atoms with Gasteiger partial charge in [-0.3, -0.25) is 14.9 Å². The Kier molecular flexibility index (Phi) is 4.07. The van der Waals surface area contributed by atoms with Gasteiger partial charge >= 0.3 is 6.03 Å². The molecule has 1 aliphatic carbocycles. The monoisotopic (exact) mass is 315 g/mol. The van der Waals surface area contributed by atoms with E-state index in [0.29, 0.717) is 13.1 Å². The van der Waals surface area contributed by atoms with Gasteiger partial charge in [-0.15, -0.1) is 0 Å². The van der Waals surface area contributed by atoms with Gasteiger partial charge in [-0.05, 0) is 30.9 Å². The van der Waals surface area contributed by atoms with Crippen molar-refractivity contribution in [2.75, 3.05) is 19.6 Å². The summed E-state index contributed by atoms with van der Waals surface area (Å²) in [6, 6.07) is 7.77. The highest BCUT2D eigenvalue weighted by Gasteiger charge is 2.45. The lowest BCUT2D eigenvalue weighted by molar-refractivity contribution is -0.125. The molecule has 1 saturated carbocycles. The zero-order chi connectivity index (χ0) is 16.4. The number of urea groups is 1. The van der Waals surface area contributed by atoms with E-state index in [4.69, 9.17) is 0 Å². The molecular weight excluding hydrogens is 294 g/mol. The number of aryl methyl sites for hydroxylation is 1. The molecule has 23 heavy (non-hydrogen) atoms. The van der Waals surface area contributed by atoms with Crippen molar-refractivity contribution in [2.45, 2.75) is 31.6 Å². The number of nitrogens with one attached hydrogen (secondary N) is 2. The molecule has 1 saturated heterocycles. The topological polar surface area (TPSA) is 78.5 Å². The van der Waals surface area contributed by atoms with Crippen LogP contribution in [0, 0.1) is 6.92 Å². The van der Waals surface area contributed by atoms with Gasteiger partial charge in [0.1, 0.15) is 6.54 Å². The Labute approximate surface area is 135 Å². The van der Waals surface area contributed by atoms with Crippen molar-refractivity contribution in [1.82, 2.24) is 15.5 Å². The molecule has 3 rings (SSSR count). The largest absolute Gasteiger partial charge is 0.354 e. The third-order valence-corrected chi connectivity index (χ3v) is 4.67. The summed E-state index contributed by atoms with van der Waals surface area (Å²) in [4.78, 5) is 36.2. The van der Waals surface area contributed by atoms with Gasteiger partial charge in [-0.25, -0.2) is 4.79 Å². The van der Waals surface area contributed by atoms with E-state index in [2.05, 4.69) is 29.7 Å². The van der Waals surface area contributed by atoms with Crippen molar-refractivity contribution in [3.63, 3.8) is 0 Å². The molecule has 6 nitrogen and oxygen atoms in total. The first-order valence-electron chi connectivity index (χ1n) is 7.92. The Balaban J connectivity index is 1.54. The number of hydrogen-bond acceptors (Lipinski definition) is 3. The van der Waals surface area contributed by atoms with Crippen molar-refractivity contribution in [3.05, 3.63) is 35.4 Å². The molecule has 0 radical (unpaired) electrons. The van der Waals surface area contributed by atoms with Crippen LogP contribution in [0.15, 0.2) is 24.3 Å². The van der Waals surface area contributed by atoms with Gasteiger partial charge in [0.25, 0.3) is 0 Å². The SMILES string of the molecule is Cc1ccccc1C1(CNC(=O)CN2CCC(=O)NC2=O)CC1. The van der Waals surface area contributed by atoms with Crippen LogP contribution < -0.4 is 10.6 Å². The van der Waals surface area contributed by atoms with Gasteiger partial charge in [-0.1, -0.05) is 24.3 Å². The van der Waals surface area contributed by atoms with Crippen LogP contribution in [-0.4, -0.2) is 42.4 Å². The first kappa shape index (κ1) is 15.5. The van der Waals surface area contributed by atoms with E-state index in [1.54, 1.807) is 0 Å². The number of amides is 4. The average Bonchev–Trinajstić information content (AvgIpc) is 3.30. The fourth-order valence-corrected chi connectivity index (χ4v) is 3.11. The van der Waals surface area contributed by atoms with Crippen LogP contribution in [0.25, 0.3) is 0 Å². The van der Waals surface area contributed by atoms with Gasteiger partial charge in [0, 0.05) is 24.9 Å². The zero-order valence-electron chi connectivity index (χ0n) is 13.2. The van der Waals surface area contributed by atoms with E-state index in [1.807, 2.05) is 12.1 Å². The molecule has 0 bridgehead atoms. The Bertz CT molecular complexity index is 652. The number of hydrogen-bond donors (Lipinski definition) is 2. The molecule has 122 valence electrons. The third kappa shape index (κ3) is 3.36. The molecule has 0 atom stereocenters. The van der Waals surface area contributed by atoms with Gasteiger partial charge in [-0.2, -0.15) is 0 Å². The lowest BCUT2D eigenvalue weighted by atomic mass is 9.92. The summed E-state index contributed by atoms with van der Waals surface area (Å²) in [6.07, 6.45) is 2.37. The molecule has 1 aromatic carbocycles. The Morgan fingerprint density at radius 1 is 1.30 bits per heavy atom. The quantitative estimate of drug-likeness (QED) is 0.853. The van der Waals surface area contributed by atoms with Crippen molar-refractivity contribution >= 4 is 17.8 Å². The molecular formula is C17H21N3O3. The summed E-state index contributed by atoms with van der Waals surface area (Å²) in [7, 11) is 0. The van der Waals surface area contributed by atoms with E-state index in [-0.39, 0.29) is 30.2 Å². The number of carbonyl (C=O) groups is 3. The van der Waals surface area contributed by atoms with Crippen molar-refractivity contribution in [3.8, 4) is 0 Å². The highest BCUT2D eigenvalue weighted by atomic mass is 16.2. The molecule has 0 aromatic heterocycles. The van der Waals surface area contributed by atoms with E-state index in [0.717, 1.165) is 12.8 Å². The summed E-state index contributed by atoms with van der Waals surface area (Å²) in [6.45, 7) is 2.96. The normalized spacial score (nSPS) is 19.3. The van der Waals surface area contributed by atoms with Crippen LogP contribution in [0.1, 0.15) is 30.4 Å². The second kappa shape index (κ2) is 6.02. The van der Waals surface area contributed by atoms with Gasteiger partial charge < -0.3 is 10.2 Å². The molecule has 2 N–H and O–H groups in total. The van der Waals surface area contributed by atoms with Crippen LogP contribution in [-0.2, 0) is 15.0 Å². The average molecular weight is 315 g/mol. The van der Waals surface area contributed by atoms with Crippen LogP contribution in [0.3, 0.4) is 0 Å². The molecule has 0 spiro atoms. The standard InChI is InChI=1S/C17H21N3O3/c1-12-4-2-3-5-13(12)17(7-8-17)11-18-15(22)10-20-9-6-14(21)19-16(20)23/h2-5H,6-11H2,1H3,(H,18,22)(H,19,21,23). The van der Waals surface area contributed by atoms with Crippen LogP contribution in [0.4, 0.5) is 4.79 Å². The fraction of sp³-hybridized carbons (Fsp3) is 0.471. The van der Waals surface area contributed by atoms with Crippen molar-refractivity contribution in [1.29, 1.82) is 0 Å². The van der Waals surface area contributed by atoms with E-state index < -0.39 is 6.03 Å². The van der Waals surface area contributed by atoms with Gasteiger partial charge in [0.05, 0.1) is 0 Å². The molecule has 0 unspecified atom stereocenters. The molecule has 2 fully saturated rings. The number of imide groups is 1. The van der Waals surface area contributed by atoms with Gasteiger partial charge in [0.2, 0.25) is 11.8 Å². The molecule has 1 aliphatic heterocycles. The smallest absolute Gasteiger partial charge is 0.324 e. The Morgan fingerprint density at radius 2 is 2.04 bits per heavy atom. The minimum absolute atomic E-state index is 0.0109. The summed E-state index contributed by atoms with van der Waals surface area (Å²) >= 11 is 0. The van der Waals surface area contributed by atoms with Crippen molar-refractivity contribution < 1.29 is 14.4 Å². The van der Waals surface area contributed by atoms with Gasteiger partial charge in [0.15, 0.2) is 0 Å². The second-order valence-corrected chi connectivity index (χ2v) is 6.40. The van der Waals surface area contributed by atoms with Crippen LogP contribution in [0.2, 0.25) is 0 Å². The third-order valence-electron chi connectivity index (χ3n) is 4.67. The van der Waals surface area contributed by atoms with E-state index in [9.17, 15) is 14.4 Å². The number of nitrogens with zero attached hydrogens (tertiary/aromatic N) is 1. The van der Waals surface area contributed by atoms with Crippen molar-refractivity contribution in [2.24, 2.45) is 0 Å². The van der Waals surface area contributed by atoms with E-state index >= 15 is 0 Å². The second-order valence-electron chi connectivity index (χ2n) is 6.40. The maximum Gasteiger partial charge on any atom is 0.324 e. The number of rotatable bonds is 5. The minimum Gasteiger partial charge on any atom is -0.354 e. The predicted octanol–water partition coefficient (Wildman–Crippen LogP) is 1.08. The first-order chi connectivity index (χ1) is 11.0. The molecule has 1 heterocycles. The molecule has 2 aliphatic rings. The van der Waals surface area contributed by atoms with Crippen LogP contribution >= 0.6 is 0 Å². The van der Waals surface area contributed by atoms with E-state index in [1.165, 1.54) is 16.0 Å². The minimum atomic E-state index is -0.489. The maximum atomic E-state index is 12.1. The first-order valence-corrected chi connectivity index (χ1v) is 7.92. The number of benzene rings is 1. The fourth-order valence-electron chi connectivity index (χ4n) is 3.11. The molecule has 4 amide bonds. The highest BCUT2D eigenvalue weighted by molar-refractivity contribution is 5.98. The highest BCUT2D eigenvalue weighted by Crippen LogP contribution is 2.48. The summed E-state index contributed by atoms with van der Waals surface area (Å²) < 4.78 is 0. The number of carbonyl (C=O) groups excluding carboxylic acids is 3.